The summed E-state index contributed by atoms with van der Waals surface area (Å²) in [5, 5.41) is 6.21. The van der Waals surface area contributed by atoms with Crippen LogP contribution < -0.4 is 15.4 Å². The van der Waals surface area contributed by atoms with Crippen molar-refractivity contribution >= 4 is 29.2 Å². The van der Waals surface area contributed by atoms with Crippen LogP contribution in [0.25, 0.3) is 0 Å². The molecule has 0 spiro atoms. The van der Waals surface area contributed by atoms with Crippen LogP contribution in [0.1, 0.15) is 28.8 Å². The zero-order valence-electron chi connectivity index (χ0n) is 15.8. The summed E-state index contributed by atoms with van der Waals surface area (Å²) < 4.78 is 5.55. The molecule has 3 rings (SSSR count). The maximum atomic E-state index is 12.8. The van der Waals surface area contributed by atoms with Gasteiger partial charge in [0.1, 0.15) is 12.4 Å². The number of carbonyl (C=O) groups is 2. The highest BCUT2D eigenvalue weighted by atomic mass is 35.5. The summed E-state index contributed by atoms with van der Waals surface area (Å²) in [5.74, 6) is 0.645. The molecular weight excluding hydrogens is 378 g/mol. The van der Waals surface area contributed by atoms with Gasteiger partial charge in [-0.05, 0) is 55.7 Å². The number of urea groups is 1. The molecule has 0 atom stereocenters. The third-order valence-electron chi connectivity index (χ3n) is 4.60. The average molecular weight is 402 g/mol. The number of hydrogen-bond acceptors (Lipinski definition) is 3. The standard InChI is InChI=1S/C21H24ClN3O3/c1-15-5-4-6-18(20(26)25-12-2-3-13-25)19(15)24-21(27)23-11-14-28-17-9-7-16(22)8-10-17/h4-10H,2-3,11-14H2,1H3,(H2,23,24,27). The van der Waals surface area contributed by atoms with Gasteiger partial charge in [-0.25, -0.2) is 4.79 Å². The molecule has 1 fully saturated rings. The largest absolute Gasteiger partial charge is 0.492 e. The second-order valence-corrected chi connectivity index (χ2v) is 7.12. The summed E-state index contributed by atoms with van der Waals surface area (Å²) in [5.41, 5.74) is 1.92. The van der Waals surface area contributed by atoms with Crippen molar-refractivity contribution in [2.45, 2.75) is 19.8 Å². The Kier molecular flexibility index (Phi) is 6.76. The van der Waals surface area contributed by atoms with Gasteiger partial charge in [-0.2, -0.15) is 0 Å². The van der Waals surface area contributed by atoms with Crippen molar-refractivity contribution in [3.8, 4) is 5.75 Å². The third kappa shape index (κ3) is 5.16. The number of nitrogens with one attached hydrogen (secondary N) is 2. The summed E-state index contributed by atoms with van der Waals surface area (Å²) in [6, 6.07) is 12.1. The number of likely N-dealkylation sites (tertiary alicyclic amines) is 1. The number of anilines is 1. The number of hydrogen-bond donors (Lipinski definition) is 2. The van der Waals surface area contributed by atoms with E-state index >= 15 is 0 Å². The molecule has 6 nitrogen and oxygen atoms in total. The highest BCUT2D eigenvalue weighted by Gasteiger charge is 2.23. The van der Waals surface area contributed by atoms with Gasteiger partial charge in [-0.3, -0.25) is 4.79 Å². The van der Waals surface area contributed by atoms with Crippen LogP contribution in [0.5, 0.6) is 5.75 Å². The molecule has 28 heavy (non-hydrogen) atoms. The second kappa shape index (κ2) is 9.46. The quantitative estimate of drug-likeness (QED) is 0.716. The van der Waals surface area contributed by atoms with Crippen LogP contribution in [0, 0.1) is 6.92 Å². The lowest BCUT2D eigenvalue weighted by atomic mass is 10.1. The molecule has 148 valence electrons. The van der Waals surface area contributed by atoms with Crippen molar-refractivity contribution in [1.82, 2.24) is 10.2 Å². The Morgan fingerprint density at radius 3 is 2.54 bits per heavy atom. The molecule has 0 saturated carbocycles. The van der Waals surface area contributed by atoms with E-state index in [0.29, 0.717) is 35.2 Å². The maximum absolute atomic E-state index is 12.8. The Morgan fingerprint density at radius 2 is 1.82 bits per heavy atom. The average Bonchev–Trinajstić information content (AvgIpc) is 3.22. The van der Waals surface area contributed by atoms with Gasteiger partial charge < -0.3 is 20.3 Å². The van der Waals surface area contributed by atoms with Gasteiger partial charge >= 0.3 is 6.03 Å². The molecule has 0 unspecified atom stereocenters. The van der Waals surface area contributed by atoms with Gasteiger partial charge in [0.2, 0.25) is 0 Å². The monoisotopic (exact) mass is 401 g/mol. The minimum absolute atomic E-state index is 0.0393. The highest BCUT2D eigenvalue weighted by molar-refractivity contribution is 6.30. The van der Waals surface area contributed by atoms with Crippen LogP contribution in [0.4, 0.5) is 10.5 Å². The number of rotatable bonds is 6. The number of carbonyl (C=O) groups excluding carboxylic acids is 2. The fourth-order valence-corrected chi connectivity index (χ4v) is 3.25. The fourth-order valence-electron chi connectivity index (χ4n) is 3.12. The number of amides is 3. The molecular formula is C21H24ClN3O3. The van der Waals surface area contributed by atoms with E-state index in [1.165, 1.54) is 0 Å². The van der Waals surface area contributed by atoms with Crippen molar-refractivity contribution in [1.29, 1.82) is 0 Å². The smallest absolute Gasteiger partial charge is 0.319 e. The summed E-state index contributed by atoms with van der Waals surface area (Å²) in [7, 11) is 0. The Balaban J connectivity index is 1.54. The summed E-state index contributed by atoms with van der Waals surface area (Å²) in [6.45, 7) is 4.05. The van der Waals surface area contributed by atoms with Crippen molar-refractivity contribution in [2.75, 3.05) is 31.6 Å². The van der Waals surface area contributed by atoms with Crippen LogP contribution in [0.3, 0.4) is 0 Å². The van der Waals surface area contributed by atoms with Gasteiger partial charge in [0, 0.05) is 18.1 Å². The summed E-state index contributed by atoms with van der Waals surface area (Å²) in [4.78, 5) is 26.9. The zero-order valence-corrected chi connectivity index (χ0v) is 16.6. The molecule has 2 N–H and O–H groups in total. The Hall–Kier alpha value is -2.73. The summed E-state index contributed by atoms with van der Waals surface area (Å²) in [6.07, 6.45) is 2.04. The van der Waals surface area contributed by atoms with Crippen LogP contribution in [0.15, 0.2) is 42.5 Å². The van der Waals surface area contributed by atoms with Crippen molar-refractivity contribution in [3.05, 3.63) is 58.6 Å². The Bertz CT molecular complexity index is 833. The Morgan fingerprint density at radius 1 is 1.11 bits per heavy atom. The highest BCUT2D eigenvalue weighted by Crippen LogP contribution is 2.24. The molecule has 0 aliphatic carbocycles. The van der Waals surface area contributed by atoms with Crippen molar-refractivity contribution in [2.24, 2.45) is 0 Å². The van der Waals surface area contributed by atoms with Crippen LogP contribution in [0.2, 0.25) is 5.02 Å². The van der Waals surface area contributed by atoms with Crippen molar-refractivity contribution in [3.63, 3.8) is 0 Å². The molecule has 1 saturated heterocycles. The number of para-hydroxylation sites is 1. The molecule has 0 radical (unpaired) electrons. The first-order chi connectivity index (χ1) is 13.5. The van der Waals surface area contributed by atoms with Gasteiger partial charge in [0.05, 0.1) is 17.8 Å². The molecule has 2 aromatic carbocycles. The number of benzene rings is 2. The number of nitrogens with zero attached hydrogens (tertiary/aromatic N) is 1. The normalized spacial score (nSPS) is 13.3. The van der Waals surface area contributed by atoms with Crippen LogP contribution >= 0.6 is 11.6 Å². The first-order valence-corrected chi connectivity index (χ1v) is 9.74. The summed E-state index contributed by atoms with van der Waals surface area (Å²) >= 11 is 5.83. The molecule has 1 heterocycles. The maximum Gasteiger partial charge on any atom is 0.319 e. The van der Waals surface area contributed by atoms with E-state index < -0.39 is 0 Å². The van der Waals surface area contributed by atoms with E-state index in [-0.39, 0.29) is 11.9 Å². The van der Waals surface area contributed by atoms with Crippen LogP contribution in [-0.4, -0.2) is 43.1 Å². The van der Waals surface area contributed by atoms with Crippen LogP contribution in [-0.2, 0) is 0 Å². The second-order valence-electron chi connectivity index (χ2n) is 6.68. The topological polar surface area (TPSA) is 70.7 Å². The predicted molar refractivity (Wildman–Crippen MR) is 110 cm³/mol. The number of aryl methyl sites for hydroxylation is 1. The molecule has 2 aromatic rings. The molecule has 1 aliphatic rings. The number of ether oxygens (including phenoxy) is 1. The molecule has 0 bridgehead atoms. The molecule has 7 heteroatoms. The van der Waals surface area contributed by atoms with E-state index in [1.807, 2.05) is 24.0 Å². The fraction of sp³-hybridized carbons (Fsp3) is 0.333. The van der Waals surface area contributed by atoms with E-state index in [2.05, 4.69) is 10.6 Å². The lowest BCUT2D eigenvalue weighted by molar-refractivity contribution is 0.0793. The first kappa shape index (κ1) is 20.0. The van der Waals surface area contributed by atoms with Gasteiger partial charge in [-0.15, -0.1) is 0 Å². The minimum atomic E-state index is -0.371. The first-order valence-electron chi connectivity index (χ1n) is 9.37. The van der Waals surface area contributed by atoms with Gasteiger partial charge in [0.15, 0.2) is 0 Å². The molecule has 0 aromatic heterocycles. The van der Waals surface area contributed by atoms with E-state index in [1.54, 1.807) is 30.3 Å². The zero-order chi connectivity index (χ0) is 19.9. The predicted octanol–water partition coefficient (Wildman–Crippen LogP) is 4.08. The van der Waals surface area contributed by atoms with E-state index in [0.717, 1.165) is 31.5 Å². The van der Waals surface area contributed by atoms with Gasteiger partial charge in [0.25, 0.3) is 5.91 Å². The van der Waals surface area contributed by atoms with Crippen molar-refractivity contribution < 1.29 is 14.3 Å². The lowest BCUT2D eigenvalue weighted by Crippen LogP contribution is -2.34. The van der Waals surface area contributed by atoms with Gasteiger partial charge in [-0.1, -0.05) is 23.7 Å². The molecule has 1 aliphatic heterocycles. The molecule has 3 amide bonds. The SMILES string of the molecule is Cc1cccc(C(=O)N2CCCC2)c1NC(=O)NCCOc1ccc(Cl)cc1. The minimum Gasteiger partial charge on any atom is -0.492 e. The lowest BCUT2D eigenvalue weighted by Gasteiger charge is -2.19. The Labute approximate surface area is 169 Å². The third-order valence-corrected chi connectivity index (χ3v) is 4.86. The number of halogens is 1. The van der Waals surface area contributed by atoms with E-state index in [9.17, 15) is 9.59 Å². The van der Waals surface area contributed by atoms with E-state index in [4.69, 9.17) is 16.3 Å².